The lowest BCUT2D eigenvalue weighted by Crippen LogP contribution is -2.43. The van der Waals surface area contributed by atoms with Gasteiger partial charge in [0.15, 0.2) is 5.96 Å². The van der Waals surface area contributed by atoms with Crippen LogP contribution in [-0.2, 0) is 12.8 Å². The summed E-state index contributed by atoms with van der Waals surface area (Å²) in [6, 6.07) is 9.63. The summed E-state index contributed by atoms with van der Waals surface area (Å²) in [5.74, 6) is 1.09. The molecule has 2 aliphatic heterocycles. The predicted molar refractivity (Wildman–Crippen MR) is 106 cm³/mol. The lowest BCUT2D eigenvalue weighted by molar-refractivity contribution is 0.259. The van der Waals surface area contributed by atoms with E-state index in [0.29, 0.717) is 6.04 Å². The summed E-state index contributed by atoms with van der Waals surface area (Å²) in [6.07, 6.45) is 7.92. The minimum Gasteiger partial charge on any atom is -0.357 e. The Hall–Kier alpha value is -1.81. The van der Waals surface area contributed by atoms with Crippen molar-refractivity contribution in [3.8, 4) is 0 Å². The summed E-state index contributed by atoms with van der Waals surface area (Å²) in [5, 5.41) is 3.48. The van der Waals surface area contributed by atoms with Gasteiger partial charge in [0.05, 0.1) is 0 Å². The number of nitrogens with one attached hydrogen (secondary N) is 1. The van der Waals surface area contributed by atoms with Gasteiger partial charge in [-0.05, 0) is 37.3 Å². The Morgan fingerprint density at radius 3 is 2.52 bits per heavy atom. The van der Waals surface area contributed by atoms with Crippen LogP contribution in [0.2, 0.25) is 0 Å². The maximum Gasteiger partial charge on any atom is 0.193 e. The molecule has 1 fully saturated rings. The molecule has 1 aromatic carbocycles. The molecule has 1 unspecified atom stereocenters. The zero-order valence-electron chi connectivity index (χ0n) is 15.7. The van der Waals surface area contributed by atoms with Crippen molar-refractivity contribution in [2.75, 3.05) is 39.3 Å². The average Bonchev–Trinajstić information content (AvgIpc) is 3.33. The minimum atomic E-state index is 0.667. The zero-order valence-corrected chi connectivity index (χ0v) is 15.7. The molecule has 2 aliphatic rings. The first-order valence-corrected chi connectivity index (χ1v) is 9.80. The molecular weight excluding hydrogens is 308 g/mol. The van der Waals surface area contributed by atoms with Crippen LogP contribution in [0.15, 0.2) is 41.4 Å². The molecule has 1 atom stereocenters. The third-order valence-electron chi connectivity index (χ3n) is 5.25. The van der Waals surface area contributed by atoms with Crippen LogP contribution in [0.5, 0.6) is 0 Å². The Morgan fingerprint density at radius 2 is 1.84 bits per heavy atom. The van der Waals surface area contributed by atoms with Gasteiger partial charge in [0, 0.05) is 45.3 Å². The fourth-order valence-electron chi connectivity index (χ4n) is 3.68. The highest BCUT2D eigenvalue weighted by molar-refractivity contribution is 5.80. The molecule has 0 radical (unpaired) electrons. The van der Waals surface area contributed by atoms with Crippen LogP contribution in [0.25, 0.3) is 0 Å². The second-order valence-corrected chi connectivity index (χ2v) is 6.97. The van der Waals surface area contributed by atoms with Crippen molar-refractivity contribution in [1.82, 2.24) is 15.1 Å². The molecule has 4 heteroatoms. The van der Waals surface area contributed by atoms with E-state index >= 15 is 0 Å². The van der Waals surface area contributed by atoms with E-state index in [4.69, 9.17) is 4.99 Å². The third-order valence-corrected chi connectivity index (χ3v) is 5.25. The van der Waals surface area contributed by atoms with Crippen LogP contribution in [-0.4, -0.2) is 61.1 Å². The molecule has 1 N–H and O–H groups in total. The number of aliphatic imine (C=N–C) groups is 1. The molecule has 2 heterocycles. The molecule has 0 spiro atoms. The fourth-order valence-corrected chi connectivity index (χ4v) is 3.68. The molecule has 0 aromatic heterocycles. The van der Waals surface area contributed by atoms with E-state index in [1.165, 1.54) is 17.5 Å². The summed E-state index contributed by atoms with van der Waals surface area (Å²) in [7, 11) is 0. The van der Waals surface area contributed by atoms with Gasteiger partial charge in [-0.2, -0.15) is 0 Å². The van der Waals surface area contributed by atoms with Gasteiger partial charge < -0.3 is 10.2 Å². The van der Waals surface area contributed by atoms with Crippen molar-refractivity contribution < 1.29 is 0 Å². The van der Waals surface area contributed by atoms with Crippen LogP contribution in [0.4, 0.5) is 0 Å². The van der Waals surface area contributed by atoms with Crippen molar-refractivity contribution in [2.24, 2.45) is 4.99 Å². The third kappa shape index (κ3) is 4.85. The van der Waals surface area contributed by atoms with Gasteiger partial charge in [-0.3, -0.25) is 9.89 Å². The van der Waals surface area contributed by atoms with Crippen molar-refractivity contribution >= 4 is 5.96 Å². The average molecular weight is 341 g/mol. The maximum absolute atomic E-state index is 4.89. The van der Waals surface area contributed by atoms with Crippen molar-refractivity contribution in [3.05, 3.63) is 47.5 Å². The predicted octanol–water partition coefficient (Wildman–Crippen LogP) is 2.70. The zero-order chi connectivity index (χ0) is 17.5. The van der Waals surface area contributed by atoms with Gasteiger partial charge >= 0.3 is 0 Å². The van der Waals surface area contributed by atoms with Crippen LogP contribution < -0.4 is 5.32 Å². The van der Waals surface area contributed by atoms with E-state index in [1.807, 2.05) is 0 Å². The quantitative estimate of drug-likeness (QED) is 0.491. The Balaban J connectivity index is 1.53. The SMILES string of the molecule is CCNC(=NCCc1ccc(CC)cc1)N1CCC(N2CC=CC2)C1. The van der Waals surface area contributed by atoms with Crippen LogP contribution in [0.1, 0.15) is 31.4 Å². The summed E-state index contributed by atoms with van der Waals surface area (Å²) < 4.78 is 0. The number of nitrogens with zero attached hydrogens (tertiary/aromatic N) is 3. The molecule has 3 rings (SSSR count). The first-order valence-electron chi connectivity index (χ1n) is 9.80. The Morgan fingerprint density at radius 1 is 1.12 bits per heavy atom. The van der Waals surface area contributed by atoms with Crippen molar-refractivity contribution in [2.45, 2.75) is 39.2 Å². The largest absolute Gasteiger partial charge is 0.357 e. The van der Waals surface area contributed by atoms with Gasteiger partial charge in [-0.1, -0.05) is 43.3 Å². The first-order chi connectivity index (χ1) is 12.3. The molecule has 25 heavy (non-hydrogen) atoms. The number of benzene rings is 1. The standard InChI is InChI=1S/C21H32N4/c1-3-18-7-9-19(10-8-18)11-13-23-21(22-4-2)25-16-12-20(17-25)24-14-5-6-15-24/h5-10,20H,3-4,11-17H2,1-2H3,(H,22,23). The normalized spacial score (nSPS) is 21.3. The van der Waals surface area contributed by atoms with Gasteiger partial charge in [0.2, 0.25) is 0 Å². The lowest BCUT2D eigenvalue weighted by Gasteiger charge is -2.25. The Bertz CT molecular complexity index is 582. The summed E-state index contributed by atoms with van der Waals surface area (Å²) >= 11 is 0. The number of likely N-dealkylation sites (tertiary alicyclic amines) is 1. The molecule has 1 saturated heterocycles. The molecular formula is C21H32N4. The second kappa shape index (κ2) is 9.04. The molecule has 0 amide bonds. The number of hydrogen-bond acceptors (Lipinski definition) is 2. The van der Waals surface area contributed by atoms with E-state index in [1.54, 1.807) is 0 Å². The Kier molecular flexibility index (Phi) is 6.51. The first kappa shape index (κ1) is 18.0. The van der Waals surface area contributed by atoms with Crippen molar-refractivity contribution in [3.63, 3.8) is 0 Å². The summed E-state index contributed by atoms with van der Waals surface area (Å²) in [5.41, 5.74) is 2.78. The lowest BCUT2D eigenvalue weighted by atomic mass is 10.1. The van der Waals surface area contributed by atoms with Crippen molar-refractivity contribution in [1.29, 1.82) is 0 Å². The molecule has 1 aromatic rings. The summed E-state index contributed by atoms with van der Waals surface area (Å²) in [4.78, 5) is 9.90. The monoisotopic (exact) mass is 340 g/mol. The maximum atomic E-state index is 4.89. The number of rotatable bonds is 6. The topological polar surface area (TPSA) is 30.9 Å². The molecule has 0 aliphatic carbocycles. The highest BCUT2D eigenvalue weighted by Gasteiger charge is 2.29. The van der Waals surface area contributed by atoms with Crippen LogP contribution in [0, 0.1) is 0 Å². The number of aryl methyl sites for hydroxylation is 1. The summed E-state index contributed by atoms with van der Waals surface area (Å²) in [6.45, 7) is 10.5. The van der Waals surface area contributed by atoms with Gasteiger partial charge in [0.1, 0.15) is 0 Å². The molecule has 0 saturated carbocycles. The van der Waals surface area contributed by atoms with E-state index in [-0.39, 0.29) is 0 Å². The van der Waals surface area contributed by atoms with E-state index < -0.39 is 0 Å². The molecule has 4 nitrogen and oxygen atoms in total. The molecule has 0 bridgehead atoms. The van der Waals surface area contributed by atoms with Gasteiger partial charge in [-0.25, -0.2) is 0 Å². The van der Waals surface area contributed by atoms with E-state index in [2.05, 4.69) is 65.4 Å². The van der Waals surface area contributed by atoms with E-state index in [0.717, 1.165) is 58.1 Å². The molecule has 136 valence electrons. The minimum absolute atomic E-state index is 0.667. The number of guanidine groups is 1. The second-order valence-electron chi connectivity index (χ2n) is 6.97. The number of hydrogen-bond donors (Lipinski definition) is 1. The van der Waals surface area contributed by atoms with Gasteiger partial charge in [0.25, 0.3) is 0 Å². The Labute approximate surface area is 152 Å². The highest BCUT2D eigenvalue weighted by atomic mass is 15.3. The van der Waals surface area contributed by atoms with E-state index in [9.17, 15) is 0 Å². The van der Waals surface area contributed by atoms with Crippen LogP contribution >= 0.6 is 0 Å². The fraction of sp³-hybridized carbons (Fsp3) is 0.571. The van der Waals surface area contributed by atoms with Gasteiger partial charge in [-0.15, -0.1) is 0 Å². The highest BCUT2D eigenvalue weighted by Crippen LogP contribution is 2.18. The smallest absolute Gasteiger partial charge is 0.193 e. The van der Waals surface area contributed by atoms with Crippen LogP contribution in [0.3, 0.4) is 0 Å².